The SMILES string of the molecule is COc1cnc(C(=O)Nc2ccc3c(c2)[C@@]2(CCN=C(N)S2)c2cc(C4CCOCC4)cc(F)c2O3)cn1. The Bertz CT molecular complexity index is 1430. The number of thioether (sulfide) groups is 1. The van der Waals surface area contributed by atoms with E-state index in [-0.39, 0.29) is 17.4 Å². The van der Waals surface area contributed by atoms with Crippen LogP contribution in [0.2, 0.25) is 0 Å². The summed E-state index contributed by atoms with van der Waals surface area (Å²) in [5.74, 6) is 0.426. The molecule has 196 valence electrons. The van der Waals surface area contributed by atoms with Gasteiger partial charge in [-0.3, -0.25) is 9.79 Å². The quantitative estimate of drug-likeness (QED) is 0.498. The van der Waals surface area contributed by atoms with Gasteiger partial charge >= 0.3 is 0 Å². The average molecular weight is 536 g/mol. The van der Waals surface area contributed by atoms with Crippen LogP contribution >= 0.6 is 11.8 Å². The Morgan fingerprint density at radius 1 is 1.18 bits per heavy atom. The Morgan fingerprint density at radius 3 is 2.76 bits per heavy atom. The van der Waals surface area contributed by atoms with Gasteiger partial charge in [0.1, 0.15) is 11.4 Å². The van der Waals surface area contributed by atoms with Gasteiger partial charge in [-0.25, -0.2) is 14.4 Å². The number of nitrogens with one attached hydrogen (secondary N) is 1. The molecular weight excluding hydrogens is 509 g/mol. The molecule has 1 amide bonds. The van der Waals surface area contributed by atoms with Crippen LogP contribution in [0.5, 0.6) is 17.4 Å². The predicted molar refractivity (Wildman–Crippen MR) is 142 cm³/mol. The second-order valence-electron chi connectivity index (χ2n) is 9.38. The molecule has 6 rings (SSSR count). The van der Waals surface area contributed by atoms with E-state index in [1.54, 1.807) is 18.2 Å². The summed E-state index contributed by atoms with van der Waals surface area (Å²) < 4.78 is 31.5. The van der Waals surface area contributed by atoms with Crippen LogP contribution in [0.25, 0.3) is 0 Å². The highest BCUT2D eigenvalue weighted by atomic mass is 32.2. The molecule has 1 saturated heterocycles. The summed E-state index contributed by atoms with van der Waals surface area (Å²) in [6, 6.07) is 8.96. The molecule has 4 heterocycles. The summed E-state index contributed by atoms with van der Waals surface area (Å²) in [4.78, 5) is 25.4. The molecule has 0 bridgehead atoms. The zero-order valence-corrected chi connectivity index (χ0v) is 21.5. The first-order valence-electron chi connectivity index (χ1n) is 12.4. The second kappa shape index (κ2) is 9.88. The molecule has 3 aliphatic rings. The minimum absolute atomic E-state index is 0.145. The van der Waals surface area contributed by atoms with Crippen molar-refractivity contribution in [1.29, 1.82) is 0 Å². The largest absolute Gasteiger partial charge is 0.480 e. The number of rotatable bonds is 4. The summed E-state index contributed by atoms with van der Waals surface area (Å²) >= 11 is 1.39. The number of carbonyl (C=O) groups is 1. The zero-order chi connectivity index (χ0) is 26.3. The predicted octanol–water partition coefficient (Wildman–Crippen LogP) is 4.57. The highest BCUT2D eigenvalue weighted by Gasteiger charge is 2.46. The third kappa shape index (κ3) is 4.35. The molecule has 1 spiro atoms. The van der Waals surface area contributed by atoms with Gasteiger partial charge in [-0.15, -0.1) is 0 Å². The van der Waals surface area contributed by atoms with Crippen LogP contribution in [0, 0.1) is 5.82 Å². The molecule has 38 heavy (non-hydrogen) atoms. The van der Waals surface area contributed by atoms with E-state index in [1.165, 1.54) is 31.3 Å². The van der Waals surface area contributed by atoms with E-state index in [9.17, 15) is 4.79 Å². The van der Waals surface area contributed by atoms with Crippen molar-refractivity contribution in [1.82, 2.24) is 9.97 Å². The Labute approximate surface area is 223 Å². The number of carbonyl (C=O) groups excluding carboxylic acids is 1. The van der Waals surface area contributed by atoms with Gasteiger partial charge in [0.2, 0.25) is 5.88 Å². The molecule has 1 fully saturated rings. The molecule has 0 unspecified atom stereocenters. The zero-order valence-electron chi connectivity index (χ0n) is 20.7. The van der Waals surface area contributed by atoms with Gasteiger partial charge in [-0.2, -0.15) is 0 Å². The summed E-state index contributed by atoms with van der Waals surface area (Å²) in [6.07, 6.45) is 5.00. The number of hydrogen-bond donors (Lipinski definition) is 2. The van der Waals surface area contributed by atoms with E-state index >= 15 is 4.39 Å². The van der Waals surface area contributed by atoms with Crippen LogP contribution in [-0.2, 0) is 9.48 Å². The van der Waals surface area contributed by atoms with Crippen molar-refractivity contribution in [3.05, 3.63) is 70.9 Å². The summed E-state index contributed by atoms with van der Waals surface area (Å²) in [7, 11) is 1.48. The molecule has 0 saturated carbocycles. The van der Waals surface area contributed by atoms with Crippen LogP contribution in [0.1, 0.15) is 52.4 Å². The number of amides is 1. The number of aliphatic imine (C=N–C) groups is 1. The topological polar surface area (TPSA) is 121 Å². The average Bonchev–Trinajstić information content (AvgIpc) is 2.94. The Balaban J connectivity index is 1.40. The molecule has 0 radical (unpaired) electrons. The van der Waals surface area contributed by atoms with Crippen LogP contribution in [0.15, 0.2) is 47.7 Å². The van der Waals surface area contributed by atoms with E-state index in [2.05, 4.69) is 26.3 Å². The highest BCUT2D eigenvalue weighted by Crippen LogP contribution is 2.58. The number of anilines is 1. The third-order valence-electron chi connectivity index (χ3n) is 7.16. The third-order valence-corrected chi connectivity index (χ3v) is 8.49. The molecule has 3 N–H and O–H groups in total. The van der Waals surface area contributed by atoms with Gasteiger partial charge in [0.05, 0.1) is 24.3 Å². The van der Waals surface area contributed by atoms with Crippen molar-refractivity contribution in [3.63, 3.8) is 0 Å². The molecule has 9 nitrogen and oxygen atoms in total. The smallest absolute Gasteiger partial charge is 0.275 e. The van der Waals surface area contributed by atoms with Crippen molar-refractivity contribution >= 4 is 28.5 Å². The lowest BCUT2D eigenvalue weighted by molar-refractivity contribution is 0.0852. The number of amidine groups is 1. The molecule has 3 aliphatic heterocycles. The lowest BCUT2D eigenvalue weighted by atomic mass is 9.81. The standard InChI is InChI=1S/C27H26FN5O4S/c1-35-23-14-31-21(13-32-23)25(34)33-17-2-3-22-18(12-17)27(6-7-30-26(29)38-27)19-10-16(11-20(28)24(19)37-22)15-4-8-36-9-5-15/h2-3,10-15H,4-9H2,1H3,(H2,29,30)(H,33,34)/t27-/m0/s1. The van der Waals surface area contributed by atoms with E-state index in [0.29, 0.717) is 48.7 Å². The Hall–Kier alpha value is -3.70. The molecule has 11 heteroatoms. The van der Waals surface area contributed by atoms with Gasteiger partial charge in [-0.1, -0.05) is 11.8 Å². The van der Waals surface area contributed by atoms with Crippen molar-refractivity contribution in [2.24, 2.45) is 10.7 Å². The number of nitrogens with two attached hydrogens (primary N) is 1. The highest BCUT2D eigenvalue weighted by molar-refractivity contribution is 8.14. The van der Waals surface area contributed by atoms with Crippen molar-refractivity contribution in [2.75, 3.05) is 32.2 Å². The van der Waals surface area contributed by atoms with Gasteiger partial charge in [0.25, 0.3) is 5.91 Å². The summed E-state index contributed by atoms with van der Waals surface area (Å²) in [5.41, 5.74) is 9.41. The van der Waals surface area contributed by atoms with E-state index in [4.69, 9.17) is 19.9 Å². The summed E-state index contributed by atoms with van der Waals surface area (Å²) in [6.45, 7) is 1.80. The summed E-state index contributed by atoms with van der Waals surface area (Å²) in [5, 5.41) is 3.31. The van der Waals surface area contributed by atoms with E-state index < -0.39 is 16.5 Å². The first kappa shape index (κ1) is 24.6. The van der Waals surface area contributed by atoms with Crippen molar-refractivity contribution in [2.45, 2.75) is 29.9 Å². The molecule has 0 aliphatic carbocycles. The maximum absolute atomic E-state index is 15.6. The molecule has 3 aromatic rings. The number of ether oxygens (including phenoxy) is 3. The molecule has 1 atom stereocenters. The monoisotopic (exact) mass is 535 g/mol. The van der Waals surface area contributed by atoms with Gasteiger partial charge in [0.15, 0.2) is 16.7 Å². The lowest BCUT2D eigenvalue weighted by Crippen LogP contribution is -2.35. The van der Waals surface area contributed by atoms with E-state index in [0.717, 1.165) is 29.5 Å². The fraction of sp³-hybridized carbons (Fsp3) is 0.333. The lowest BCUT2D eigenvalue weighted by Gasteiger charge is -2.41. The first-order chi connectivity index (χ1) is 18.5. The van der Waals surface area contributed by atoms with Crippen LogP contribution in [0.4, 0.5) is 10.1 Å². The number of methoxy groups -OCH3 is 1. The molecular formula is C27H26FN5O4S. The van der Waals surface area contributed by atoms with Gasteiger partial charge in [-0.05, 0) is 61.1 Å². The van der Waals surface area contributed by atoms with Crippen molar-refractivity contribution in [3.8, 4) is 17.4 Å². The second-order valence-corrected chi connectivity index (χ2v) is 10.7. The van der Waals surface area contributed by atoms with Crippen LogP contribution in [0.3, 0.4) is 0 Å². The van der Waals surface area contributed by atoms with Crippen LogP contribution < -0.4 is 20.5 Å². The first-order valence-corrected chi connectivity index (χ1v) is 13.2. The molecule has 1 aromatic heterocycles. The number of fused-ring (bicyclic) bond motifs is 4. The van der Waals surface area contributed by atoms with Gasteiger partial charge in [0, 0.05) is 36.6 Å². The number of benzene rings is 2. The minimum atomic E-state index is -0.725. The maximum atomic E-state index is 15.6. The normalized spacial score (nSPS) is 20.6. The fourth-order valence-corrected chi connectivity index (χ4v) is 6.49. The Morgan fingerprint density at radius 2 is 2.03 bits per heavy atom. The molecule has 2 aromatic carbocycles. The van der Waals surface area contributed by atoms with Crippen molar-refractivity contribution < 1.29 is 23.4 Å². The number of hydrogen-bond acceptors (Lipinski definition) is 9. The number of halogens is 1. The maximum Gasteiger partial charge on any atom is 0.275 e. The number of aromatic nitrogens is 2. The number of nitrogens with zero attached hydrogens (tertiary/aromatic N) is 3. The van der Waals surface area contributed by atoms with Crippen LogP contribution in [-0.4, -0.2) is 47.9 Å². The minimum Gasteiger partial charge on any atom is -0.480 e. The van der Waals surface area contributed by atoms with Gasteiger partial charge < -0.3 is 25.3 Å². The Kier molecular flexibility index (Phi) is 6.40. The van der Waals surface area contributed by atoms with E-state index in [1.807, 2.05) is 6.07 Å². The fourth-order valence-electron chi connectivity index (χ4n) is 5.25.